The Morgan fingerprint density at radius 2 is 2.17 bits per heavy atom. The molecule has 5 heteroatoms. The van der Waals surface area contributed by atoms with Gasteiger partial charge in [0, 0.05) is 18.0 Å². The van der Waals surface area contributed by atoms with Crippen molar-refractivity contribution in [2.75, 3.05) is 6.61 Å². The molecule has 0 fully saturated rings. The van der Waals surface area contributed by atoms with E-state index >= 15 is 0 Å². The Balaban J connectivity index is 1.85. The zero-order chi connectivity index (χ0) is 16.9. The highest BCUT2D eigenvalue weighted by Gasteiger charge is 2.15. The van der Waals surface area contributed by atoms with Crippen LogP contribution in [0.5, 0.6) is 5.75 Å². The van der Waals surface area contributed by atoms with E-state index in [1.807, 2.05) is 25.1 Å². The fraction of sp³-hybridized carbons (Fsp3) is 0.158. The number of hydrogen-bond acceptors (Lipinski definition) is 4. The highest BCUT2D eigenvalue weighted by Crippen LogP contribution is 2.29. The lowest BCUT2D eigenvalue weighted by molar-refractivity contribution is 0.0939. The van der Waals surface area contributed by atoms with Crippen molar-refractivity contribution in [3.05, 3.63) is 72.8 Å². The highest BCUT2D eigenvalue weighted by molar-refractivity contribution is 5.99. The van der Waals surface area contributed by atoms with Crippen LogP contribution in [-0.4, -0.2) is 17.5 Å². The van der Waals surface area contributed by atoms with Crippen LogP contribution in [0.15, 0.2) is 66.1 Å². The number of pyridine rings is 1. The number of rotatable bonds is 6. The first-order chi connectivity index (χ1) is 11.7. The van der Waals surface area contributed by atoms with E-state index in [9.17, 15) is 4.79 Å². The zero-order valence-electron chi connectivity index (χ0n) is 13.4. The molecule has 0 bridgehead atoms. The Kier molecular flexibility index (Phi) is 4.61. The molecular formula is C19H18N2O3. The van der Waals surface area contributed by atoms with Crippen LogP contribution < -0.4 is 10.1 Å². The molecule has 0 aliphatic heterocycles. The number of fused-ring (bicyclic) bond motifs is 1. The van der Waals surface area contributed by atoms with Gasteiger partial charge >= 0.3 is 0 Å². The molecular weight excluding hydrogens is 304 g/mol. The molecule has 0 saturated heterocycles. The molecule has 1 atom stereocenters. The van der Waals surface area contributed by atoms with E-state index in [-0.39, 0.29) is 11.9 Å². The SMILES string of the molecule is C=CCOc1cc(C(=O)N[C@H](C)c2ccncc2)cc2occc12. The van der Waals surface area contributed by atoms with Crippen LogP contribution in [-0.2, 0) is 0 Å². The smallest absolute Gasteiger partial charge is 0.252 e. The summed E-state index contributed by atoms with van der Waals surface area (Å²) in [5, 5.41) is 3.80. The van der Waals surface area contributed by atoms with Crippen molar-refractivity contribution in [2.24, 2.45) is 0 Å². The molecule has 3 rings (SSSR count). The average Bonchev–Trinajstić information content (AvgIpc) is 3.09. The summed E-state index contributed by atoms with van der Waals surface area (Å²) in [6.07, 6.45) is 6.64. The summed E-state index contributed by atoms with van der Waals surface area (Å²) in [5.74, 6) is 0.406. The van der Waals surface area contributed by atoms with Crippen molar-refractivity contribution >= 4 is 16.9 Å². The van der Waals surface area contributed by atoms with E-state index in [0.717, 1.165) is 10.9 Å². The number of amides is 1. The van der Waals surface area contributed by atoms with Gasteiger partial charge in [0.25, 0.3) is 5.91 Å². The summed E-state index contributed by atoms with van der Waals surface area (Å²) in [4.78, 5) is 16.6. The second-order valence-electron chi connectivity index (χ2n) is 5.38. The van der Waals surface area contributed by atoms with Crippen LogP contribution in [0.25, 0.3) is 11.0 Å². The van der Waals surface area contributed by atoms with Gasteiger partial charge in [0.15, 0.2) is 0 Å². The van der Waals surface area contributed by atoms with Gasteiger partial charge in [-0.05, 0) is 42.8 Å². The Morgan fingerprint density at radius 3 is 2.92 bits per heavy atom. The molecule has 0 saturated carbocycles. The third-order valence-corrected chi connectivity index (χ3v) is 3.71. The maximum Gasteiger partial charge on any atom is 0.252 e. The lowest BCUT2D eigenvalue weighted by atomic mass is 10.1. The number of hydrogen-bond donors (Lipinski definition) is 1. The van der Waals surface area contributed by atoms with E-state index in [1.165, 1.54) is 0 Å². The number of ether oxygens (including phenoxy) is 1. The van der Waals surface area contributed by atoms with E-state index in [1.54, 1.807) is 36.9 Å². The lowest BCUT2D eigenvalue weighted by Gasteiger charge is -2.15. The first kappa shape index (κ1) is 15.8. The molecule has 24 heavy (non-hydrogen) atoms. The summed E-state index contributed by atoms with van der Waals surface area (Å²) >= 11 is 0. The molecule has 5 nitrogen and oxygen atoms in total. The number of nitrogens with zero attached hydrogens (tertiary/aromatic N) is 1. The number of benzene rings is 1. The van der Waals surface area contributed by atoms with Crippen molar-refractivity contribution in [1.29, 1.82) is 0 Å². The Hall–Kier alpha value is -3.08. The molecule has 0 unspecified atom stereocenters. The van der Waals surface area contributed by atoms with Gasteiger partial charge in [-0.25, -0.2) is 0 Å². The lowest BCUT2D eigenvalue weighted by Crippen LogP contribution is -2.26. The van der Waals surface area contributed by atoms with Crippen molar-refractivity contribution < 1.29 is 13.9 Å². The van der Waals surface area contributed by atoms with Crippen LogP contribution >= 0.6 is 0 Å². The van der Waals surface area contributed by atoms with E-state index in [0.29, 0.717) is 23.5 Å². The maximum atomic E-state index is 12.6. The molecule has 2 aromatic heterocycles. The highest BCUT2D eigenvalue weighted by atomic mass is 16.5. The second-order valence-corrected chi connectivity index (χ2v) is 5.38. The average molecular weight is 322 g/mol. The minimum absolute atomic E-state index is 0.134. The van der Waals surface area contributed by atoms with Gasteiger partial charge in [-0.1, -0.05) is 12.7 Å². The van der Waals surface area contributed by atoms with Gasteiger partial charge < -0.3 is 14.5 Å². The summed E-state index contributed by atoms with van der Waals surface area (Å²) in [6, 6.07) is 8.86. The number of carbonyl (C=O) groups is 1. The van der Waals surface area contributed by atoms with Crippen molar-refractivity contribution in [1.82, 2.24) is 10.3 Å². The number of carbonyl (C=O) groups excluding carboxylic acids is 1. The van der Waals surface area contributed by atoms with Crippen molar-refractivity contribution in [2.45, 2.75) is 13.0 Å². The zero-order valence-corrected chi connectivity index (χ0v) is 13.4. The molecule has 0 spiro atoms. The van der Waals surface area contributed by atoms with Crippen LogP contribution in [0.1, 0.15) is 28.9 Å². The molecule has 1 aromatic carbocycles. The fourth-order valence-electron chi connectivity index (χ4n) is 2.45. The molecule has 122 valence electrons. The Labute approximate surface area is 140 Å². The largest absolute Gasteiger partial charge is 0.489 e. The van der Waals surface area contributed by atoms with Gasteiger partial charge in [0.1, 0.15) is 17.9 Å². The van der Waals surface area contributed by atoms with Gasteiger partial charge in [-0.2, -0.15) is 0 Å². The van der Waals surface area contributed by atoms with Gasteiger partial charge in [0.2, 0.25) is 0 Å². The standard InChI is InChI=1S/C19H18N2O3/c1-3-9-23-17-11-15(12-18-16(17)6-10-24-18)19(22)21-13(2)14-4-7-20-8-5-14/h3-8,10-13H,1,9H2,2H3,(H,21,22)/t13-/m1/s1. The number of furan rings is 1. The molecule has 2 heterocycles. The Bertz CT molecular complexity index is 855. The summed E-state index contributed by atoms with van der Waals surface area (Å²) < 4.78 is 11.1. The van der Waals surface area contributed by atoms with Crippen molar-refractivity contribution in [3.8, 4) is 5.75 Å². The molecule has 3 aromatic rings. The first-order valence-corrected chi connectivity index (χ1v) is 7.65. The van der Waals surface area contributed by atoms with Gasteiger partial charge in [0.05, 0.1) is 17.7 Å². The third kappa shape index (κ3) is 3.30. The predicted molar refractivity (Wildman–Crippen MR) is 92.0 cm³/mol. The molecule has 1 amide bonds. The van der Waals surface area contributed by atoms with Crippen LogP contribution in [0.2, 0.25) is 0 Å². The topological polar surface area (TPSA) is 64.4 Å². The molecule has 0 aliphatic carbocycles. The third-order valence-electron chi connectivity index (χ3n) is 3.71. The maximum absolute atomic E-state index is 12.6. The second kappa shape index (κ2) is 7.00. The first-order valence-electron chi connectivity index (χ1n) is 7.65. The van der Waals surface area contributed by atoms with E-state index in [4.69, 9.17) is 9.15 Å². The summed E-state index contributed by atoms with van der Waals surface area (Å²) in [7, 11) is 0. The Morgan fingerprint density at radius 1 is 1.38 bits per heavy atom. The fourth-order valence-corrected chi connectivity index (χ4v) is 2.45. The van der Waals surface area contributed by atoms with Crippen LogP contribution in [0, 0.1) is 0 Å². The molecule has 1 N–H and O–H groups in total. The predicted octanol–water partition coefficient (Wildman–Crippen LogP) is 3.88. The monoisotopic (exact) mass is 322 g/mol. The molecule has 0 aliphatic rings. The minimum atomic E-state index is -0.193. The number of nitrogens with one attached hydrogen (secondary N) is 1. The van der Waals surface area contributed by atoms with Crippen LogP contribution in [0.3, 0.4) is 0 Å². The van der Waals surface area contributed by atoms with Crippen LogP contribution in [0.4, 0.5) is 0 Å². The van der Waals surface area contributed by atoms with Gasteiger partial charge in [-0.15, -0.1) is 0 Å². The quantitative estimate of drug-likeness (QED) is 0.699. The summed E-state index contributed by atoms with van der Waals surface area (Å²) in [6.45, 7) is 5.93. The number of aromatic nitrogens is 1. The van der Waals surface area contributed by atoms with Gasteiger partial charge in [-0.3, -0.25) is 9.78 Å². The molecule has 0 radical (unpaired) electrons. The minimum Gasteiger partial charge on any atom is -0.489 e. The van der Waals surface area contributed by atoms with E-state index < -0.39 is 0 Å². The summed E-state index contributed by atoms with van der Waals surface area (Å²) in [5.41, 5.74) is 2.08. The normalized spacial score (nSPS) is 11.9. The van der Waals surface area contributed by atoms with E-state index in [2.05, 4.69) is 16.9 Å². The van der Waals surface area contributed by atoms with Crippen molar-refractivity contribution in [3.63, 3.8) is 0 Å².